The van der Waals surface area contributed by atoms with Gasteiger partial charge in [-0.2, -0.15) is 5.10 Å². The van der Waals surface area contributed by atoms with E-state index in [9.17, 15) is 4.79 Å². The van der Waals surface area contributed by atoms with E-state index in [4.69, 9.17) is 11.6 Å². The maximum Gasteiger partial charge on any atom is 0.272 e. The Morgan fingerprint density at radius 1 is 1.25 bits per heavy atom. The third-order valence-corrected chi connectivity index (χ3v) is 5.91. The van der Waals surface area contributed by atoms with E-state index in [2.05, 4.69) is 27.7 Å². The van der Waals surface area contributed by atoms with Gasteiger partial charge in [0.25, 0.3) is 5.91 Å². The van der Waals surface area contributed by atoms with Gasteiger partial charge in [0.15, 0.2) is 0 Å². The zero-order valence-corrected chi connectivity index (χ0v) is 17.5. The summed E-state index contributed by atoms with van der Waals surface area (Å²) in [5.74, 6) is -0.100. The first-order valence-corrected chi connectivity index (χ1v) is 10.0. The minimum atomic E-state index is -0.100. The molecule has 0 radical (unpaired) electrons. The molecular formula is C20H27Cl2N5O. The van der Waals surface area contributed by atoms with Gasteiger partial charge in [0.2, 0.25) is 0 Å². The number of likely N-dealkylation sites (tertiary alicyclic amines) is 1. The second-order valence-corrected chi connectivity index (χ2v) is 7.96. The van der Waals surface area contributed by atoms with E-state index < -0.39 is 0 Å². The van der Waals surface area contributed by atoms with Crippen LogP contribution in [0, 0.1) is 0 Å². The lowest BCUT2D eigenvalue weighted by Crippen LogP contribution is -2.39. The number of hydrogen-bond donors (Lipinski definition) is 2. The molecule has 1 aromatic carbocycles. The van der Waals surface area contributed by atoms with Crippen LogP contribution in [0.2, 0.25) is 5.02 Å². The second kappa shape index (κ2) is 9.27. The molecule has 0 saturated carbocycles. The molecule has 28 heavy (non-hydrogen) atoms. The molecule has 1 amide bonds. The van der Waals surface area contributed by atoms with Crippen molar-refractivity contribution in [3.8, 4) is 0 Å². The van der Waals surface area contributed by atoms with Crippen molar-refractivity contribution in [2.24, 2.45) is 0 Å². The van der Waals surface area contributed by atoms with Gasteiger partial charge in [-0.25, -0.2) is 0 Å². The summed E-state index contributed by atoms with van der Waals surface area (Å²) in [6.07, 6.45) is 5.08. The zero-order chi connectivity index (χ0) is 18.8. The fourth-order valence-corrected chi connectivity index (χ4v) is 4.33. The van der Waals surface area contributed by atoms with Crippen LogP contribution < -0.4 is 10.6 Å². The van der Waals surface area contributed by atoms with Crippen LogP contribution in [0.25, 0.3) is 0 Å². The molecule has 3 unspecified atom stereocenters. The summed E-state index contributed by atoms with van der Waals surface area (Å²) in [4.78, 5) is 15.1. The molecule has 3 heterocycles. The van der Waals surface area contributed by atoms with E-state index in [1.54, 1.807) is 0 Å². The molecule has 0 aliphatic carbocycles. The van der Waals surface area contributed by atoms with Crippen molar-refractivity contribution in [2.75, 3.05) is 26.7 Å². The first-order valence-electron chi connectivity index (χ1n) is 9.64. The fraction of sp³-hybridized carbons (Fsp3) is 0.500. The van der Waals surface area contributed by atoms with E-state index in [-0.39, 0.29) is 30.4 Å². The number of carbonyl (C=O) groups is 1. The Hall–Kier alpha value is -1.60. The quantitative estimate of drug-likeness (QED) is 0.792. The van der Waals surface area contributed by atoms with Gasteiger partial charge in [0.05, 0.1) is 18.1 Å². The summed E-state index contributed by atoms with van der Waals surface area (Å²) in [7, 11) is 2.09. The molecule has 2 aromatic rings. The van der Waals surface area contributed by atoms with E-state index in [0.717, 1.165) is 43.9 Å². The SMILES string of the molecule is CN1CCC(NC(=O)c2ccn(C3CCCNC3)n2)C1c1ccc(Cl)cc1.Cl. The van der Waals surface area contributed by atoms with Crippen molar-refractivity contribution in [3.05, 3.63) is 52.8 Å². The monoisotopic (exact) mass is 423 g/mol. The van der Waals surface area contributed by atoms with Crippen LogP contribution in [0.5, 0.6) is 0 Å². The topological polar surface area (TPSA) is 62.2 Å². The highest BCUT2D eigenvalue weighted by molar-refractivity contribution is 6.30. The number of amides is 1. The number of rotatable bonds is 4. The predicted molar refractivity (Wildman–Crippen MR) is 113 cm³/mol. The van der Waals surface area contributed by atoms with Crippen LogP contribution in [-0.4, -0.2) is 53.3 Å². The fourth-order valence-electron chi connectivity index (χ4n) is 4.21. The largest absolute Gasteiger partial charge is 0.346 e. The zero-order valence-electron chi connectivity index (χ0n) is 16.0. The number of likely N-dealkylation sites (N-methyl/N-ethyl adjacent to an activating group) is 1. The number of nitrogens with one attached hydrogen (secondary N) is 2. The minimum absolute atomic E-state index is 0. The standard InChI is InChI=1S/C20H26ClN5O.ClH/c1-25-11-8-17(19(25)14-4-6-15(21)7-5-14)23-20(27)18-9-12-26(24-18)16-3-2-10-22-13-16;/h4-7,9,12,16-17,19,22H,2-3,8,10-11,13H2,1H3,(H,23,27);1H. The summed E-state index contributed by atoms with van der Waals surface area (Å²) < 4.78 is 1.93. The third kappa shape index (κ3) is 4.51. The Morgan fingerprint density at radius 3 is 2.75 bits per heavy atom. The van der Waals surface area contributed by atoms with E-state index >= 15 is 0 Å². The molecule has 6 nitrogen and oxygen atoms in total. The van der Waals surface area contributed by atoms with Gasteiger partial charge in [-0.1, -0.05) is 23.7 Å². The second-order valence-electron chi connectivity index (χ2n) is 7.53. The molecule has 2 N–H and O–H groups in total. The predicted octanol–water partition coefficient (Wildman–Crippen LogP) is 3.06. The van der Waals surface area contributed by atoms with Gasteiger partial charge in [0.1, 0.15) is 5.69 Å². The van der Waals surface area contributed by atoms with E-state index in [1.165, 1.54) is 5.56 Å². The number of nitrogens with zero attached hydrogens (tertiary/aromatic N) is 3. The summed E-state index contributed by atoms with van der Waals surface area (Å²) in [6.45, 7) is 2.92. The Balaban J connectivity index is 0.00000225. The molecule has 2 aliphatic heterocycles. The van der Waals surface area contributed by atoms with Crippen LogP contribution in [0.1, 0.15) is 47.4 Å². The summed E-state index contributed by atoms with van der Waals surface area (Å²) in [5, 5.41) is 11.8. The molecule has 3 atom stereocenters. The number of halogens is 2. The smallest absolute Gasteiger partial charge is 0.272 e. The average Bonchev–Trinajstić information content (AvgIpc) is 3.31. The van der Waals surface area contributed by atoms with Crippen LogP contribution in [0.4, 0.5) is 0 Å². The molecule has 8 heteroatoms. The summed E-state index contributed by atoms with van der Waals surface area (Å²) >= 11 is 6.02. The van der Waals surface area contributed by atoms with E-state index in [0.29, 0.717) is 11.7 Å². The number of carbonyl (C=O) groups excluding carboxylic acids is 1. The summed E-state index contributed by atoms with van der Waals surface area (Å²) in [6, 6.07) is 10.3. The highest BCUT2D eigenvalue weighted by Crippen LogP contribution is 2.31. The van der Waals surface area contributed by atoms with Crippen molar-refractivity contribution in [1.82, 2.24) is 25.3 Å². The normalized spacial score (nSPS) is 25.3. The highest BCUT2D eigenvalue weighted by Gasteiger charge is 2.34. The van der Waals surface area contributed by atoms with Crippen molar-refractivity contribution >= 4 is 29.9 Å². The Bertz CT molecular complexity index is 788. The van der Waals surface area contributed by atoms with Crippen LogP contribution in [0.15, 0.2) is 36.5 Å². The van der Waals surface area contributed by atoms with Crippen molar-refractivity contribution in [1.29, 1.82) is 0 Å². The first kappa shape index (κ1) is 21.1. The highest BCUT2D eigenvalue weighted by atomic mass is 35.5. The average molecular weight is 424 g/mol. The van der Waals surface area contributed by atoms with Gasteiger partial charge in [-0.15, -0.1) is 12.4 Å². The van der Waals surface area contributed by atoms with Gasteiger partial charge < -0.3 is 10.6 Å². The molecule has 1 aromatic heterocycles. The molecule has 2 aliphatic rings. The molecule has 2 fully saturated rings. The van der Waals surface area contributed by atoms with Crippen LogP contribution >= 0.6 is 24.0 Å². The molecule has 2 saturated heterocycles. The number of hydrogen-bond acceptors (Lipinski definition) is 4. The van der Waals surface area contributed by atoms with Crippen LogP contribution in [-0.2, 0) is 0 Å². The summed E-state index contributed by atoms with van der Waals surface area (Å²) in [5.41, 5.74) is 1.66. The number of aromatic nitrogens is 2. The lowest BCUT2D eigenvalue weighted by molar-refractivity contribution is 0.0921. The lowest BCUT2D eigenvalue weighted by Gasteiger charge is -2.26. The lowest BCUT2D eigenvalue weighted by atomic mass is 10.00. The van der Waals surface area contributed by atoms with Gasteiger partial charge in [-0.05, 0) is 56.6 Å². The number of piperidine rings is 1. The number of benzene rings is 1. The molecule has 0 spiro atoms. The van der Waals surface area contributed by atoms with Crippen LogP contribution in [0.3, 0.4) is 0 Å². The van der Waals surface area contributed by atoms with Gasteiger partial charge >= 0.3 is 0 Å². The Labute approximate surface area is 177 Å². The van der Waals surface area contributed by atoms with Gasteiger partial charge in [0, 0.05) is 24.3 Å². The maximum absolute atomic E-state index is 12.8. The third-order valence-electron chi connectivity index (χ3n) is 5.66. The Morgan fingerprint density at radius 2 is 2.04 bits per heavy atom. The molecular weight excluding hydrogens is 397 g/mol. The van der Waals surface area contributed by atoms with Crippen molar-refractivity contribution in [2.45, 2.75) is 37.4 Å². The Kier molecular flexibility index (Phi) is 6.99. The molecule has 4 rings (SSSR count). The van der Waals surface area contributed by atoms with Gasteiger partial charge in [-0.3, -0.25) is 14.4 Å². The molecule has 0 bridgehead atoms. The van der Waals surface area contributed by atoms with E-state index in [1.807, 2.05) is 41.2 Å². The minimum Gasteiger partial charge on any atom is -0.346 e. The van der Waals surface area contributed by atoms with Crippen molar-refractivity contribution in [3.63, 3.8) is 0 Å². The first-order chi connectivity index (χ1) is 13.1. The van der Waals surface area contributed by atoms with Crippen molar-refractivity contribution < 1.29 is 4.79 Å². The maximum atomic E-state index is 12.8. The molecule has 152 valence electrons.